The minimum absolute atomic E-state index is 0.00572. The Bertz CT molecular complexity index is 4660. The quantitative estimate of drug-likeness (QED) is 0.161. The molecule has 4 heteroatoms. The molecule has 2 aliphatic heterocycles. The Morgan fingerprint density at radius 3 is 1.87 bits per heavy atom. The molecule has 366 valence electrons. The fraction of sp³-hybridized carbons (Fsp3) is 0.194. The van der Waals surface area contributed by atoms with Crippen molar-refractivity contribution < 1.29 is 1.37 Å². The van der Waals surface area contributed by atoms with Crippen molar-refractivity contribution in [3.05, 3.63) is 204 Å². The van der Waals surface area contributed by atoms with Crippen LogP contribution in [0.15, 0.2) is 176 Å². The largest absolute Gasteiger partial charge is 0.311 e. The second-order valence-electron chi connectivity index (χ2n) is 25.3. The summed E-state index contributed by atoms with van der Waals surface area (Å²) in [5, 5.41) is 7.63. The zero-order chi connectivity index (χ0) is 52.6. The Morgan fingerprint density at radius 2 is 1.13 bits per heavy atom. The Hall–Kier alpha value is -8.08. The van der Waals surface area contributed by atoms with Crippen LogP contribution >= 0.6 is 0 Å². The summed E-state index contributed by atoms with van der Waals surface area (Å²) in [7, 11) is 0. The lowest BCUT2D eigenvalue weighted by Gasteiger charge is -2.41. The molecule has 0 unspecified atom stereocenters. The van der Waals surface area contributed by atoms with Crippen LogP contribution in [0.2, 0.25) is 0 Å². The average molecular weight is 979 g/mol. The van der Waals surface area contributed by atoms with Crippen LogP contribution in [0, 0.1) is 0 Å². The molecule has 76 heavy (non-hydrogen) atoms. The topological polar surface area (TPSA) is 13.1 Å². The van der Waals surface area contributed by atoms with Gasteiger partial charge in [0, 0.05) is 56.6 Å². The molecule has 10 aromatic carbocycles. The first-order valence-corrected chi connectivity index (χ1v) is 27.5. The molecule has 0 saturated heterocycles. The first kappa shape index (κ1) is 43.2. The van der Waals surface area contributed by atoms with E-state index in [2.05, 4.69) is 259 Å². The molecule has 0 radical (unpaired) electrons. The number of hydrogen-bond acceptors (Lipinski definition) is 1. The van der Waals surface area contributed by atoms with Gasteiger partial charge in [0.1, 0.15) is 0 Å². The molecule has 0 fully saturated rings. The monoisotopic (exact) mass is 978 g/mol. The average Bonchev–Trinajstić information content (AvgIpc) is 3.84. The summed E-state index contributed by atoms with van der Waals surface area (Å²) in [6.07, 6.45) is 0. The second kappa shape index (κ2) is 14.6. The SMILES string of the molecule is [2H]C(C)(C)c1cc2c3c(c1)c1ccc4c(c1n3-c1cc(-n3c5cccc6c5c5c7c(cccc7ccc53)-c3ccccc3-6)cc3c1B2c1cc(C(C)(C)C)ccc1N3c1ccc(C(C)(C)C)cc1)C(C)(C)c1ccccc1-4. The van der Waals surface area contributed by atoms with Crippen LogP contribution in [-0.4, -0.2) is 15.8 Å². The highest BCUT2D eigenvalue weighted by Crippen LogP contribution is 2.55. The zero-order valence-electron chi connectivity index (χ0n) is 46.2. The maximum absolute atomic E-state index is 9.76. The predicted molar refractivity (Wildman–Crippen MR) is 325 cm³/mol. The molecule has 12 aromatic rings. The summed E-state index contributed by atoms with van der Waals surface area (Å²) in [6.45, 7) is 22.8. The fourth-order valence-corrected chi connectivity index (χ4v) is 14.7. The number of anilines is 3. The number of aromatic nitrogens is 2. The first-order chi connectivity index (χ1) is 36.9. The van der Waals surface area contributed by atoms with Crippen LogP contribution in [0.25, 0.3) is 99.1 Å². The van der Waals surface area contributed by atoms with Gasteiger partial charge in [0.05, 0.1) is 22.2 Å². The molecule has 0 amide bonds. The van der Waals surface area contributed by atoms with Crippen molar-refractivity contribution in [2.75, 3.05) is 4.90 Å². The molecular formula is C72H60BN3. The summed E-state index contributed by atoms with van der Waals surface area (Å²) in [5.74, 6) is -0.841. The lowest BCUT2D eigenvalue weighted by atomic mass is 9.33. The highest BCUT2D eigenvalue weighted by Gasteiger charge is 2.46. The predicted octanol–water partition coefficient (Wildman–Crippen LogP) is 17.3. The Kier molecular flexibility index (Phi) is 8.32. The van der Waals surface area contributed by atoms with Gasteiger partial charge < -0.3 is 14.0 Å². The molecule has 2 aromatic heterocycles. The molecule has 4 aliphatic rings. The minimum Gasteiger partial charge on any atom is -0.311 e. The molecule has 16 rings (SSSR count). The van der Waals surface area contributed by atoms with Gasteiger partial charge >= 0.3 is 0 Å². The minimum atomic E-state index is -0.841. The highest BCUT2D eigenvalue weighted by atomic mass is 15.2. The molecule has 0 N–H and O–H groups in total. The highest BCUT2D eigenvalue weighted by molar-refractivity contribution is 7.00. The van der Waals surface area contributed by atoms with Crippen molar-refractivity contribution in [3.63, 3.8) is 0 Å². The summed E-state index contributed by atoms with van der Waals surface area (Å²) in [6, 6.07) is 68.1. The number of rotatable bonds is 3. The normalized spacial score (nSPS) is 14.9. The van der Waals surface area contributed by atoms with Crippen molar-refractivity contribution >= 4 is 94.5 Å². The lowest BCUT2D eigenvalue weighted by molar-refractivity contribution is 0.590. The standard InChI is InChI=1S/C72H60BN3/c1-40(2)42-35-54-53-32-31-52-49-20-13-14-23-55(49)72(9,10)66(52)69(53)76-62-39-46(75-59-24-16-22-51-48-19-12-11-18-47(48)50-21-15-17-41-25-33-60(75)65(63(41)50)64(51)59)38-61-67(62)73(57(36-42)68(54)76)56-37-44(71(6,7)8)28-34-58(56)74(61)45-29-26-43(27-30-45)70(3,4)5/h11-40H,1-10H3/i40D. The number of fused-ring (bicyclic) bond motifs is 14. The molecule has 4 heterocycles. The molecular weight excluding hydrogens is 918 g/mol. The van der Waals surface area contributed by atoms with E-state index in [0.29, 0.717) is 0 Å². The molecule has 2 aliphatic carbocycles. The summed E-state index contributed by atoms with van der Waals surface area (Å²) >= 11 is 0. The molecule has 0 saturated carbocycles. The van der Waals surface area contributed by atoms with E-state index in [1.807, 2.05) is 0 Å². The summed E-state index contributed by atoms with van der Waals surface area (Å²) < 4.78 is 15.1. The van der Waals surface area contributed by atoms with Gasteiger partial charge in [-0.1, -0.05) is 197 Å². The van der Waals surface area contributed by atoms with Crippen LogP contribution < -0.4 is 21.3 Å². The van der Waals surface area contributed by atoms with E-state index in [-0.39, 0.29) is 23.0 Å². The van der Waals surface area contributed by atoms with Crippen LogP contribution in [0.3, 0.4) is 0 Å². The van der Waals surface area contributed by atoms with Crippen molar-refractivity contribution in [2.24, 2.45) is 0 Å². The third kappa shape index (κ3) is 5.59. The third-order valence-electron chi connectivity index (χ3n) is 18.4. The fourth-order valence-electron chi connectivity index (χ4n) is 14.7. The van der Waals surface area contributed by atoms with Crippen LogP contribution in [-0.2, 0) is 16.2 Å². The van der Waals surface area contributed by atoms with E-state index in [1.54, 1.807) is 0 Å². The van der Waals surface area contributed by atoms with Gasteiger partial charge in [-0.3, -0.25) is 0 Å². The number of benzene rings is 10. The first-order valence-electron chi connectivity index (χ1n) is 28.0. The van der Waals surface area contributed by atoms with Gasteiger partial charge in [-0.25, -0.2) is 0 Å². The molecule has 0 bridgehead atoms. The number of nitrogens with zero attached hydrogens (tertiary/aromatic N) is 3. The molecule has 3 nitrogen and oxygen atoms in total. The van der Waals surface area contributed by atoms with E-state index in [4.69, 9.17) is 0 Å². The lowest BCUT2D eigenvalue weighted by Crippen LogP contribution is -2.60. The van der Waals surface area contributed by atoms with Crippen molar-refractivity contribution in [3.8, 4) is 44.8 Å². The molecule has 0 spiro atoms. The third-order valence-corrected chi connectivity index (χ3v) is 18.4. The van der Waals surface area contributed by atoms with Gasteiger partial charge in [-0.15, -0.1) is 0 Å². The van der Waals surface area contributed by atoms with Crippen LogP contribution in [0.4, 0.5) is 17.1 Å². The van der Waals surface area contributed by atoms with Crippen molar-refractivity contribution in [2.45, 2.75) is 91.4 Å². The Morgan fingerprint density at radius 1 is 0.474 bits per heavy atom. The summed E-state index contributed by atoms with van der Waals surface area (Å²) in [4.78, 5) is 2.59. The van der Waals surface area contributed by atoms with Gasteiger partial charge in [0.2, 0.25) is 0 Å². The van der Waals surface area contributed by atoms with E-state index in [1.165, 1.54) is 143 Å². The van der Waals surface area contributed by atoms with E-state index in [0.717, 1.165) is 16.9 Å². The second-order valence-corrected chi connectivity index (χ2v) is 25.3. The van der Waals surface area contributed by atoms with Crippen molar-refractivity contribution in [1.82, 2.24) is 9.13 Å². The maximum atomic E-state index is 9.76. The van der Waals surface area contributed by atoms with Gasteiger partial charge in [-0.05, 0) is 154 Å². The van der Waals surface area contributed by atoms with Crippen LogP contribution in [0.5, 0.6) is 0 Å². The smallest absolute Gasteiger partial charge is 0.252 e. The number of hydrogen-bond donors (Lipinski definition) is 0. The van der Waals surface area contributed by atoms with Crippen LogP contribution in [0.1, 0.15) is 104 Å². The maximum Gasteiger partial charge on any atom is 0.252 e. The van der Waals surface area contributed by atoms with Gasteiger partial charge in [0.25, 0.3) is 6.71 Å². The van der Waals surface area contributed by atoms with E-state index < -0.39 is 5.89 Å². The van der Waals surface area contributed by atoms with Gasteiger partial charge in [0.15, 0.2) is 0 Å². The van der Waals surface area contributed by atoms with E-state index >= 15 is 0 Å². The van der Waals surface area contributed by atoms with E-state index in [9.17, 15) is 1.37 Å². The zero-order valence-corrected chi connectivity index (χ0v) is 45.2. The Labute approximate surface area is 447 Å². The summed E-state index contributed by atoms with van der Waals surface area (Å²) in [5.41, 5.74) is 28.4. The van der Waals surface area contributed by atoms with Crippen molar-refractivity contribution in [1.29, 1.82) is 0 Å². The molecule has 0 atom stereocenters. The Balaban J connectivity index is 1.11. The van der Waals surface area contributed by atoms with Gasteiger partial charge in [-0.2, -0.15) is 0 Å².